The van der Waals surface area contributed by atoms with E-state index in [4.69, 9.17) is 4.74 Å². The number of methoxy groups -OCH3 is 1. The second-order valence-corrected chi connectivity index (χ2v) is 4.99. The van der Waals surface area contributed by atoms with Crippen molar-refractivity contribution in [2.24, 2.45) is 0 Å². The summed E-state index contributed by atoms with van der Waals surface area (Å²) in [6.45, 7) is 2.00. The molecule has 0 aliphatic rings. The third-order valence-corrected chi connectivity index (χ3v) is 3.37. The molecule has 2 aromatic rings. The van der Waals surface area contributed by atoms with Crippen LogP contribution in [0.2, 0.25) is 0 Å². The summed E-state index contributed by atoms with van der Waals surface area (Å²) < 4.78 is 5.26. The molecule has 0 amide bonds. The van der Waals surface area contributed by atoms with Gasteiger partial charge in [-0.1, -0.05) is 36.4 Å². The first kappa shape index (κ1) is 14.9. The van der Waals surface area contributed by atoms with E-state index in [0.29, 0.717) is 17.0 Å². The van der Waals surface area contributed by atoms with E-state index in [0.717, 1.165) is 5.56 Å². The van der Waals surface area contributed by atoms with E-state index in [2.05, 4.69) is 11.4 Å². The Morgan fingerprint density at radius 1 is 1.19 bits per heavy atom. The van der Waals surface area contributed by atoms with Gasteiger partial charge in [-0.25, -0.2) is 0 Å². The molecule has 0 fully saturated rings. The Bertz CT molecular complexity index is 646. The Balaban J connectivity index is 2.22. The first-order chi connectivity index (χ1) is 10.1. The van der Waals surface area contributed by atoms with Crippen LogP contribution in [0.5, 0.6) is 5.75 Å². The summed E-state index contributed by atoms with van der Waals surface area (Å²) in [6, 6.07) is 16.8. The zero-order valence-electron chi connectivity index (χ0n) is 12.1. The summed E-state index contributed by atoms with van der Waals surface area (Å²) in [6.07, 6.45) is 0. The predicted octanol–water partition coefficient (Wildman–Crippen LogP) is 2.89. The minimum Gasteiger partial charge on any atom is -0.495 e. The number of ether oxygens (including phenoxy) is 1. The minimum absolute atomic E-state index is 0.270. The van der Waals surface area contributed by atoms with Crippen molar-refractivity contribution < 1.29 is 9.84 Å². The molecule has 4 heteroatoms. The van der Waals surface area contributed by atoms with Crippen LogP contribution < -0.4 is 10.1 Å². The molecular weight excluding hydrogens is 264 g/mol. The Morgan fingerprint density at radius 3 is 2.52 bits per heavy atom. The Kier molecular flexibility index (Phi) is 4.46. The van der Waals surface area contributed by atoms with Crippen LogP contribution in [0.15, 0.2) is 48.5 Å². The molecule has 2 rings (SSSR count). The van der Waals surface area contributed by atoms with E-state index in [1.54, 1.807) is 32.2 Å². The maximum absolute atomic E-state index is 10.6. The standard InChI is InChI=1S/C17H18N2O2/c1-17(20,14-8-4-3-5-9-14)12-19-16-13(11-18)7-6-10-15(16)21-2/h3-10,19-20H,12H2,1-2H3. The molecule has 21 heavy (non-hydrogen) atoms. The van der Waals surface area contributed by atoms with Crippen LogP contribution >= 0.6 is 0 Å². The molecule has 0 saturated carbocycles. The van der Waals surface area contributed by atoms with Gasteiger partial charge < -0.3 is 15.2 Å². The fourth-order valence-electron chi connectivity index (χ4n) is 2.14. The molecule has 108 valence electrons. The van der Waals surface area contributed by atoms with Crippen LogP contribution in [0.25, 0.3) is 0 Å². The van der Waals surface area contributed by atoms with E-state index in [1.807, 2.05) is 30.3 Å². The van der Waals surface area contributed by atoms with E-state index in [1.165, 1.54) is 0 Å². The largest absolute Gasteiger partial charge is 0.495 e. The average Bonchev–Trinajstić information content (AvgIpc) is 2.53. The lowest BCUT2D eigenvalue weighted by Gasteiger charge is -2.25. The summed E-state index contributed by atoms with van der Waals surface area (Å²) in [5, 5.41) is 22.9. The molecule has 2 aromatic carbocycles. The molecule has 0 aliphatic carbocycles. The zero-order valence-corrected chi connectivity index (χ0v) is 12.1. The van der Waals surface area contributed by atoms with Gasteiger partial charge in [0, 0.05) is 6.54 Å². The number of nitrogens with zero attached hydrogens (tertiary/aromatic N) is 1. The molecule has 0 saturated heterocycles. The molecule has 0 aromatic heterocycles. The molecule has 0 spiro atoms. The Labute approximate surface area is 124 Å². The van der Waals surface area contributed by atoms with Gasteiger partial charge in [-0.2, -0.15) is 5.26 Å². The van der Waals surface area contributed by atoms with Crippen LogP contribution in [-0.2, 0) is 5.60 Å². The van der Waals surface area contributed by atoms with Crippen LogP contribution in [0.1, 0.15) is 18.1 Å². The molecule has 1 unspecified atom stereocenters. The molecule has 4 nitrogen and oxygen atoms in total. The van der Waals surface area contributed by atoms with Gasteiger partial charge in [-0.3, -0.25) is 0 Å². The minimum atomic E-state index is -1.05. The highest BCUT2D eigenvalue weighted by atomic mass is 16.5. The Hall–Kier alpha value is -2.51. The van der Waals surface area contributed by atoms with Crippen molar-refractivity contribution >= 4 is 5.69 Å². The van der Waals surface area contributed by atoms with Crippen molar-refractivity contribution in [2.75, 3.05) is 19.0 Å². The second-order valence-electron chi connectivity index (χ2n) is 4.99. The fraction of sp³-hybridized carbons (Fsp3) is 0.235. The van der Waals surface area contributed by atoms with Crippen LogP contribution in [0.4, 0.5) is 5.69 Å². The van der Waals surface area contributed by atoms with Gasteiger partial charge in [0.1, 0.15) is 17.4 Å². The number of aliphatic hydroxyl groups is 1. The lowest BCUT2D eigenvalue weighted by atomic mass is 9.96. The first-order valence-electron chi connectivity index (χ1n) is 6.67. The number of nitrogens with one attached hydrogen (secondary N) is 1. The maximum Gasteiger partial charge on any atom is 0.143 e. The number of rotatable bonds is 5. The highest BCUT2D eigenvalue weighted by Gasteiger charge is 2.23. The molecule has 0 heterocycles. The number of nitriles is 1. The van der Waals surface area contributed by atoms with Crippen LogP contribution in [-0.4, -0.2) is 18.8 Å². The number of para-hydroxylation sites is 1. The molecule has 0 aliphatic heterocycles. The molecule has 0 radical (unpaired) electrons. The summed E-state index contributed by atoms with van der Waals surface area (Å²) in [5.41, 5.74) is 0.845. The summed E-state index contributed by atoms with van der Waals surface area (Å²) in [4.78, 5) is 0. The lowest BCUT2D eigenvalue weighted by molar-refractivity contribution is 0.0715. The number of hydrogen-bond acceptors (Lipinski definition) is 4. The van der Waals surface area contributed by atoms with Crippen molar-refractivity contribution in [2.45, 2.75) is 12.5 Å². The summed E-state index contributed by atoms with van der Waals surface area (Å²) in [7, 11) is 1.55. The molecule has 2 N–H and O–H groups in total. The number of anilines is 1. The smallest absolute Gasteiger partial charge is 0.143 e. The van der Waals surface area contributed by atoms with Crippen molar-refractivity contribution in [3.63, 3.8) is 0 Å². The van der Waals surface area contributed by atoms with Gasteiger partial charge in [-0.15, -0.1) is 0 Å². The lowest BCUT2D eigenvalue weighted by Crippen LogP contribution is -2.31. The predicted molar refractivity (Wildman–Crippen MR) is 82.2 cm³/mol. The average molecular weight is 282 g/mol. The van der Waals surface area contributed by atoms with Gasteiger partial charge in [-0.05, 0) is 24.6 Å². The van der Waals surface area contributed by atoms with E-state index in [-0.39, 0.29) is 6.54 Å². The van der Waals surface area contributed by atoms with Crippen LogP contribution in [0, 0.1) is 11.3 Å². The molecule has 1 atom stereocenters. The maximum atomic E-state index is 10.6. The normalized spacial score (nSPS) is 13.0. The van der Waals surface area contributed by atoms with Crippen molar-refractivity contribution in [3.8, 4) is 11.8 Å². The van der Waals surface area contributed by atoms with Crippen molar-refractivity contribution in [3.05, 3.63) is 59.7 Å². The number of benzene rings is 2. The summed E-state index contributed by atoms with van der Waals surface area (Å²) in [5.74, 6) is 0.581. The second kappa shape index (κ2) is 6.29. The van der Waals surface area contributed by atoms with Gasteiger partial charge in [0.15, 0.2) is 0 Å². The topological polar surface area (TPSA) is 65.3 Å². The van der Waals surface area contributed by atoms with E-state index in [9.17, 15) is 10.4 Å². The molecule has 0 bridgehead atoms. The van der Waals surface area contributed by atoms with Crippen molar-refractivity contribution in [1.29, 1.82) is 5.26 Å². The van der Waals surface area contributed by atoms with Gasteiger partial charge >= 0.3 is 0 Å². The third-order valence-electron chi connectivity index (χ3n) is 3.37. The monoisotopic (exact) mass is 282 g/mol. The Morgan fingerprint density at radius 2 is 1.90 bits per heavy atom. The van der Waals surface area contributed by atoms with Gasteiger partial charge in [0.05, 0.1) is 18.4 Å². The van der Waals surface area contributed by atoms with E-state index < -0.39 is 5.60 Å². The van der Waals surface area contributed by atoms with Crippen LogP contribution in [0.3, 0.4) is 0 Å². The quantitative estimate of drug-likeness (QED) is 0.885. The van der Waals surface area contributed by atoms with Gasteiger partial charge in [0.2, 0.25) is 0 Å². The number of hydrogen-bond donors (Lipinski definition) is 2. The first-order valence-corrected chi connectivity index (χ1v) is 6.67. The summed E-state index contributed by atoms with van der Waals surface area (Å²) >= 11 is 0. The highest BCUT2D eigenvalue weighted by Crippen LogP contribution is 2.29. The van der Waals surface area contributed by atoms with E-state index >= 15 is 0 Å². The van der Waals surface area contributed by atoms with Gasteiger partial charge in [0.25, 0.3) is 0 Å². The van der Waals surface area contributed by atoms with Crippen molar-refractivity contribution in [1.82, 2.24) is 0 Å². The third kappa shape index (κ3) is 3.33. The highest BCUT2D eigenvalue weighted by molar-refractivity contribution is 5.66. The fourth-order valence-corrected chi connectivity index (χ4v) is 2.14. The zero-order chi connectivity index (χ0) is 15.3. The SMILES string of the molecule is COc1cccc(C#N)c1NCC(C)(O)c1ccccc1. The molecular formula is C17H18N2O2.